The van der Waals surface area contributed by atoms with Gasteiger partial charge in [-0.1, -0.05) is 29.8 Å². The number of nitrogens with one attached hydrogen (secondary N) is 1. The normalized spacial score (nSPS) is 11.4. The minimum absolute atomic E-state index is 0.0437. The van der Waals surface area contributed by atoms with Crippen molar-refractivity contribution in [3.8, 4) is 11.5 Å². The van der Waals surface area contributed by atoms with Crippen molar-refractivity contribution >= 4 is 33.3 Å². The Kier molecular flexibility index (Phi) is 6.21. The average molecular weight is 441 g/mol. The number of nitrogens with zero attached hydrogens (tertiary/aromatic N) is 2. The number of nitro groups is 1. The molecule has 0 bridgehead atoms. The van der Waals surface area contributed by atoms with E-state index in [-0.39, 0.29) is 27.6 Å². The van der Waals surface area contributed by atoms with Crippen LogP contribution in [-0.4, -0.2) is 31.8 Å². The molecule has 3 aromatic carbocycles. The monoisotopic (exact) mass is 441 g/mol. The van der Waals surface area contributed by atoms with Crippen LogP contribution in [0.4, 0.5) is 17.1 Å². The summed E-state index contributed by atoms with van der Waals surface area (Å²) in [6.45, 7) is 1.85. The number of rotatable bonds is 7. The second-order valence-corrected chi connectivity index (χ2v) is 8.22. The van der Waals surface area contributed by atoms with Gasteiger partial charge in [0.2, 0.25) is 5.75 Å². The van der Waals surface area contributed by atoms with Gasteiger partial charge in [0.15, 0.2) is 0 Å². The summed E-state index contributed by atoms with van der Waals surface area (Å²) < 4.78 is 32.9. The highest BCUT2D eigenvalue weighted by molar-refractivity contribution is 7.92. The summed E-state index contributed by atoms with van der Waals surface area (Å²) in [5.74, 6) is -0.411. The quantitative estimate of drug-likeness (QED) is 0.321. The zero-order valence-corrected chi connectivity index (χ0v) is 17.5. The van der Waals surface area contributed by atoms with E-state index in [1.54, 1.807) is 30.3 Å². The van der Waals surface area contributed by atoms with Crippen LogP contribution in [0.5, 0.6) is 11.5 Å². The fourth-order valence-electron chi connectivity index (χ4n) is 2.70. The van der Waals surface area contributed by atoms with Gasteiger partial charge in [-0.05, 0) is 37.3 Å². The number of phenolic OH excluding ortho intramolecular Hbond substituents is 1. The minimum Gasteiger partial charge on any atom is -0.502 e. The third-order valence-electron chi connectivity index (χ3n) is 4.35. The van der Waals surface area contributed by atoms with Gasteiger partial charge in [0.05, 0.1) is 34.4 Å². The molecule has 0 amide bonds. The highest BCUT2D eigenvalue weighted by Gasteiger charge is 2.19. The number of aliphatic imine (C=N–C) groups is 1. The first kappa shape index (κ1) is 21.8. The Bertz CT molecular complexity index is 1250. The lowest BCUT2D eigenvalue weighted by Crippen LogP contribution is -2.13. The van der Waals surface area contributed by atoms with Crippen molar-refractivity contribution in [1.82, 2.24) is 0 Å². The Balaban J connectivity index is 1.96. The molecule has 9 nitrogen and oxygen atoms in total. The van der Waals surface area contributed by atoms with E-state index in [2.05, 4.69) is 9.71 Å². The van der Waals surface area contributed by atoms with Crippen LogP contribution < -0.4 is 9.46 Å². The van der Waals surface area contributed by atoms with E-state index in [0.717, 1.165) is 11.6 Å². The Labute approximate surface area is 178 Å². The maximum atomic E-state index is 12.7. The van der Waals surface area contributed by atoms with Crippen LogP contribution in [-0.2, 0) is 10.0 Å². The smallest absolute Gasteiger partial charge is 0.315 e. The summed E-state index contributed by atoms with van der Waals surface area (Å²) in [5, 5.41) is 21.3. The van der Waals surface area contributed by atoms with Gasteiger partial charge in [-0.25, -0.2) is 8.42 Å². The summed E-state index contributed by atoms with van der Waals surface area (Å²) in [6.07, 6.45) is 1.20. The zero-order chi connectivity index (χ0) is 22.6. The first-order valence-electron chi connectivity index (χ1n) is 8.99. The van der Waals surface area contributed by atoms with Crippen LogP contribution in [0.25, 0.3) is 0 Å². The van der Waals surface area contributed by atoms with E-state index in [4.69, 9.17) is 4.74 Å². The molecule has 0 aromatic heterocycles. The summed E-state index contributed by atoms with van der Waals surface area (Å²) in [5.41, 5.74) is 0.895. The Morgan fingerprint density at radius 1 is 1.13 bits per heavy atom. The van der Waals surface area contributed by atoms with E-state index in [0.29, 0.717) is 0 Å². The molecule has 0 fully saturated rings. The summed E-state index contributed by atoms with van der Waals surface area (Å²) in [4.78, 5) is 14.7. The number of phenols is 1. The molecule has 160 valence electrons. The number of anilines is 1. The molecule has 0 aliphatic carbocycles. The first-order valence-corrected chi connectivity index (χ1v) is 10.5. The van der Waals surface area contributed by atoms with Crippen LogP contribution in [0, 0.1) is 17.0 Å². The molecule has 0 unspecified atom stereocenters. The van der Waals surface area contributed by atoms with Gasteiger partial charge in [-0.15, -0.1) is 0 Å². The molecule has 0 radical (unpaired) electrons. The lowest BCUT2D eigenvalue weighted by Gasteiger charge is -2.10. The number of aromatic hydroxyl groups is 1. The van der Waals surface area contributed by atoms with Crippen molar-refractivity contribution in [3.63, 3.8) is 0 Å². The molecule has 31 heavy (non-hydrogen) atoms. The predicted molar refractivity (Wildman–Crippen MR) is 117 cm³/mol. The van der Waals surface area contributed by atoms with Crippen LogP contribution >= 0.6 is 0 Å². The maximum Gasteiger partial charge on any atom is 0.315 e. The number of hydrogen-bond donors (Lipinski definition) is 2. The molecule has 0 heterocycles. The Morgan fingerprint density at radius 2 is 1.81 bits per heavy atom. The predicted octanol–water partition coefficient (Wildman–Crippen LogP) is 4.17. The molecule has 2 N–H and O–H groups in total. The van der Waals surface area contributed by atoms with Crippen molar-refractivity contribution in [2.75, 3.05) is 11.8 Å². The van der Waals surface area contributed by atoms with Gasteiger partial charge in [0, 0.05) is 11.8 Å². The number of aryl methyl sites for hydroxylation is 1. The van der Waals surface area contributed by atoms with Crippen molar-refractivity contribution in [3.05, 3.63) is 81.9 Å². The van der Waals surface area contributed by atoms with E-state index in [1.165, 1.54) is 37.6 Å². The molecule has 3 aromatic rings. The highest BCUT2D eigenvalue weighted by atomic mass is 32.2. The number of benzene rings is 3. The van der Waals surface area contributed by atoms with Crippen LogP contribution in [0.2, 0.25) is 0 Å². The second kappa shape index (κ2) is 8.84. The molecule has 0 saturated heterocycles. The van der Waals surface area contributed by atoms with Crippen LogP contribution in [0.1, 0.15) is 11.1 Å². The third-order valence-corrected chi connectivity index (χ3v) is 5.73. The molecule has 0 atom stereocenters. The van der Waals surface area contributed by atoms with Crippen molar-refractivity contribution in [1.29, 1.82) is 0 Å². The highest BCUT2D eigenvalue weighted by Crippen LogP contribution is 2.34. The van der Waals surface area contributed by atoms with Crippen molar-refractivity contribution in [2.24, 2.45) is 4.99 Å². The van der Waals surface area contributed by atoms with E-state index < -0.39 is 26.4 Å². The fraction of sp³-hybridized carbons (Fsp3) is 0.0952. The zero-order valence-electron chi connectivity index (χ0n) is 16.6. The Hall–Kier alpha value is -3.92. The van der Waals surface area contributed by atoms with E-state index in [1.807, 2.05) is 6.92 Å². The fourth-order valence-corrected chi connectivity index (χ4v) is 3.78. The second-order valence-electron chi connectivity index (χ2n) is 6.54. The summed E-state index contributed by atoms with van der Waals surface area (Å²) in [6, 6.07) is 15.2. The lowest BCUT2D eigenvalue weighted by atomic mass is 10.1. The molecule has 0 saturated carbocycles. The van der Waals surface area contributed by atoms with Gasteiger partial charge in [-0.2, -0.15) is 0 Å². The molecule has 0 aliphatic heterocycles. The number of methoxy groups -OCH3 is 1. The SMILES string of the molecule is COc1cc(C=Nc2ccccc2NS(=O)(=O)c2ccc(C)cc2)c(O)c([N+](=O)[O-])c1. The number of nitro benzene ring substituents is 1. The topological polar surface area (TPSA) is 131 Å². The van der Waals surface area contributed by atoms with Crippen LogP contribution in [0.15, 0.2) is 70.6 Å². The number of hydrogen-bond acceptors (Lipinski definition) is 7. The van der Waals surface area contributed by atoms with Gasteiger partial charge >= 0.3 is 5.69 Å². The number of sulfonamides is 1. The largest absolute Gasteiger partial charge is 0.502 e. The third kappa shape index (κ3) is 4.98. The van der Waals surface area contributed by atoms with Gasteiger partial charge in [0.25, 0.3) is 10.0 Å². The molecule has 10 heteroatoms. The Morgan fingerprint density at radius 3 is 2.45 bits per heavy atom. The van der Waals surface area contributed by atoms with E-state index in [9.17, 15) is 23.6 Å². The van der Waals surface area contributed by atoms with Crippen LogP contribution in [0.3, 0.4) is 0 Å². The number of ether oxygens (including phenoxy) is 1. The van der Waals surface area contributed by atoms with Crippen molar-refractivity contribution < 1.29 is 23.2 Å². The molecular formula is C21H19N3O6S. The lowest BCUT2D eigenvalue weighted by molar-refractivity contribution is -0.385. The minimum atomic E-state index is -3.85. The van der Waals surface area contributed by atoms with Gasteiger partial charge in [0.1, 0.15) is 5.75 Å². The maximum absolute atomic E-state index is 12.7. The van der Waals surface area contributed by atoms with Gasteiger partial charge < -0.3 is 9.84 Å². The average Bonchev–Trinajstić information content (AvgIpc) is 2.73. The summed E-state index contributed by atoms with van der Waals surface area (Å²) in [7, 11) is -2.52. The summed E-state index contributed by atoms with van der Waals surface area (Å²) >= 11 is 0. The molecule has 0 aliphatic rings. The van der Waals surface area contributed by atoms with Crippen molar-refractivity contribution in [2.45, 2.75) is 11.8 Å². The van der Waals surface area contributed by atoms with Gasteiger partial charge in [-0.3, -0.25) is 19.8 Å². The van der Waals surface area contributed by atoms with E-state index >= 15 is 0 Å². The standard InChI is InChI=1S/C21H19N3O6S/c1-14-7-9-17(10-8-14)31(28,29)23-19-6-4-3-5-18(19)22-13-15-11-16(30-2)12-20(21(15)25)24(26)27/h3-13,23,25H,1-2H3. The molecule has 0 spiro atoms. The number of para-hydroxylation sites is 2. The molecular weight excluding hydrogens is 422 g/mol. The molecule has 3 rings (SSSR count). The first-order chi connectivity index (χ1) is 14.7.